The number of aryl methyl sites for hydroxylation is 1. The van der Waals surface area contributed by atoms with Crippen LogP contribution in [0.25, 0.3) is 16.8 Å². The van der Waals surface area contributed by atoms with Gasteiger partial charge in [0, 0.05) is 41.7 Å². The van der Waals surface area contributed by atoms with E-state index in [-0.39, 0.29) is 17.4 Å². The molecule has 0 aromatic heterocycles. The minimum Gasteiger partial charge on any atom is -0.488 e. The molecule has 7 nitrogen and oxygen atoms in total. The van der Waals surface area contributed by atoms with E-state index in [1.165, 1.54) is 22.9 Å². The number of para-hydroxylation sites is 1. The average molecular weight is 710 g/mol. The lowest BCUT2D eigenvalue weighted by molar-refractivity contribution is -0.122. The Morgan fingerprint density at radius 2 is 1.33 bits per heavy atom. The summed E-state index contributed by atoms with van der Waals surface area (Å²) in [4.78, 5) is 45.3. The van der Waals surface area contributed by atoms with Gasteiger partial charge in [0.15, 0.2) is 0 Å². The first-order chi connectivity index (χ1) is 26.4. The highest BCUT2D eigenvalue weighted by Crippen LogP contribution is 2.50. The lowest BCUT2D eigenvalue weighted by atomic mass is 9.76. The molecular formula is C47H39N3O4. The van der Waals surface area contributed by atoms with E-state index in [2.05, 4.69) is 89.9 Å². The molecule has 0 saturated carbocycles. The van der Waals surface area contributed by atoms with Gasteiger partial charge in [-0.05, 0) is 82.6 Å². The van der Waals surface area contributed by atoms with Crippen LogP contribution in [-0.4, -0.2) is 30.9 Å². The molecule has 1 fully saturated rings. The predicted octanol–water partition coefficient (Wildman–Crippen LogP) is 9.27. The monoisotopic (exact) mass is 709 g/mol. The zero-order valence-electron chi connectivity index (χ0n) is 30.0. The van der Waals surface area contributed by atoms with Gasteiger partial charge in [0.25, 0.3) is 11.8 Å². The second kappa shape index (κ2) is 13.8. The average Bonchev–Trinajstić information content (AvgIpc) is 3.20. The van der Waals surface area contributed by atoms with Crippen LogP contribution < -0.4 is 19.9 Å². The number of ether oxygens (including phenoxy) is 1. The Morgan fingerprint density at radius 3 is 2.02 bits per heavy atom. The van der Waals surface area contributed by atoms with Crippen LogP contribution in [0.5, 0.6) is 5.75 Å². The van der Waals surface area contributed by atoms with Crippen LogP contribution in [0.2, 0.25) is 0 Å². The molecule has 0 radical (unpaired) electrons. The lowest BCUT2D eigenvalue weighted by Crippen LogP contribution is -2.54. The number of imide groups is 2. The zero-order valence-corrected chi connectivity index (χ0v) is 30.0. The summed E-state index contributed by atoms with van der Waals surface area (Å²) in [6, 6.07) is 43.8. The van der Waals surface area contributed by atoms with E-state index in [1.807, 2.05) is 60.7 Å². The van der Waals surface area contributed by atoms with Crippen molar-refractivity contribution in [1.82, 2.24) is 5.32 Å². The van der Waals surface area contributed by atoms with Crippen LogP contribution in [0.1, 0.15) is 63.6 Å². The standard InChI is InChI=1S/C47H39N3O4/c1-30-20-21-33-16-8-10-18-36(33)42(30)29-54-43-19-11-9-17-34(43)26-41-45(51)48-47(53)50(46(41)52)35-27-39-37(31-12-4-2-5-13-31)22-24-49-25-23-38(40(28-35)44(39)49)32-14-6-3-7-15-32/h2-21,26-28,37-38H,22-25,29H2,1H3,(H,48,51,53)/b41-26+/t37-,38-/m0/s1. The number of carbonyl (C=O) groups excluding carboxylic acids is 3. The number of amides is 4. The highest BCUT2D eigenvalue weighted by Gasteiger charge is 2.40. The first-order valence-corrected chi connectivity index (χ1v) is 18.6. The molecule has 0 aliphatic carbocycles. The van der Waals surface area contributed by atoms with Gasteiger partial charge in [0.05, 0.1) is 5.69 Å². The Hall–Kier alpha value is -6.47. The van der Waals surface area contributed by atoms with E-state index in [1.54, 1.807) is 0 Å². The van der Waals surface area contributed by atoms with Crippen LogP contribution in [0, 0.1) is 6.92 Å². The van der Waals surface area contributed by atoms with Crippen molar-refractivity contribution in [3.8, 4) is 5.75 Å². The maximum atomic E-state index is 14.5. The predicted molar refractivity (Wildman–Crippen MR) is 213 cm³/mol. The Labute approximate surface area is 314 Å². The van der Waals surface area contributed by atoms with E-state index < -0.39 is 17.8 Å². The van der Waals surface area contributed by atoms with E-state index in [4.69, 9.17) is 4.74 Å². The number of urea groups is 1. The number of barbiturate groups is 1. The molecule has 54 heavy (non-hydrogen) atoms. The molecule has 3 aliphatic heterocycles. The Morgan fingerprint density at radius 1 is 0.722 bits per heavy atom. The Kier molecular flexibility index (Phi) is 8.54. The first-order valence-electron chi connectivity index (χ1n) is 18.6. The molecule has 266 valence electrons. The Balaban J connectivity index is 1.11. The number of nitrogens with one attached hydrogen (secondary N) is 1. The van der Waals surface area contributed by atoms with Gasteiger partial charge in [-0.3, -0.25) is 14.9 Å². The molecule has 0 bridgehead atoms. The van der Waals surface area contributed by atoms with Crippen LogP contribution in [-0.2, 0) is 16.2 Å². The van der Waals surface area contributed by atoms with Crippen molar-refractivity contribution in [2.24, 2.45) is 0 Å². The fraction of sp³-hybridized carbons (Fsp3) is 0.170. The van der Waals surface area contributed by atoms with Crippen LogP contribution in [0.4, 0.5) is 16.2 Å². The molecule has 1 saturated heterocycles. The van der Waals surface area contributed by atoms with Crippen molar-refractivity contribution in [2.75, 3.05) is 22.9 Å². The first kappa shape index (κ1) is 33.4. The van der Waals surface area contributed by atoms with E-state index in [9.17, 15) is 14.4 Å². The number of benzene rings is 6. The van der Waals surface area contributed by atoms with Crippen molar-refractivity contribution in [3.05, 3.63) is 178 Å². The van der Waals surface area contributed by atoms with Crippen molar-refractivity contribution in [2.45, 2.75) is 38.2 Å². The number of fused-ring (bicyclic) bond motifs is 1. The highest BCUT2D eigenvalue weighted by atomic mass is 16.5. The molecule has 4 amide bonds. The molecule has 7 heteroatoms. The summed E-state index contributed by atoms with van der Waals surface area (Å²) in [5, 5.41) is 4.70. The van der Waals surface area contributed by atoms with Gasteiger partial charge < -0.3 is 9.64 Å². The summed E-state index contributed by atoms with van der Waals surface area (Å²) in [5.41, 5.74) is 8.80. The van der Waals surface area contributed by atoms with Gasteiger partial charge >= 0.3 is 6.03 Å². The number of hydrogen-bond donors (Lipinski definition) is 1. The third-order valence-corrected chi connectivity index (χ3v) is 11.2. The maximum absolute atomic E-state index is 14.5. The van der Waals surface area contributed by atoms with Crippen LogP contribution in [0.15, 0.2) is 139 Å². The fourth-order valence-electron chi connectivity index (χ4n) is 8.53. The van der Waals surface area contributed by atoms with Crippen LogP contribution in [0.3, 0.4) is 0 Å². The van der Waals surface area contributed by atoms with Crippen molar-refractivity contribution in [1.29, 1.82) is 0 Å². The third kappa shape index (κ3) is 5.92. The van der Waals surface area contributed by atoms with Gasteiger partial charge in [-0.15, -0.1) is 0 Å². The van der Waals surface area contributed by atoms with E-state index in [0.717, 1.165) is 63.9 Å². The molecule has 6 aromatic rings. The van der Waals surface area contributed by atoms with Crippen molar-refractivity contribution in [3.63, 3.8) is 0 Å². The van der Waals surface area contributed by atoms with Crippen molar-refractivity contribution >= 4 is 46.1 Å². The van der Waals surface area contributed by atoms with Crippen LogP contribution >= 0.6 is 0 Å². The summed E-state index contributed by atoms with van der Waals surface area (Å²) in [6.07, 6.45) is 3.36. The number of rotatable bonds is 7. The number of hydrogen-bond acceptors (Lipinski definition) is 5. The highest BCUT2D eigenvalue weighted by molar-refractivity contribution is 6.39. The summed E-state index contributed by atoms with van der Waals surface area (Å²) < 4.78 is 6.40. The lowest BCUT2D eigenvalue weighted by Gasteiger charge is -2.44. The molecule has 0 spiro atoms. The quantitative estimate of drug-likeness (QED) is 0.132. The van der Waals surface area contributed by atoms with E-state index >= 15 is 0 Å². The second-order valence-electron chi connectivity index (χ2n) is 14.3. The van der Waals surface area contributed by atoms with Crippen molar-refractivity contribution < 1.29 is 19.1 Å². The van der Waals surface area contributed by atoms with Gasteiger partial charge in [0.1, 0.15) is 17.9 Å². The largest absolute Gasteiger partial charge is 0.488 e. The minimum atomic E-state index is -0.763. The fourth-order valence-corrected chi connectivity index (χ4v) is 8.53. The topological polar surface area (TPSA) is 79.0 Å². The molecule has 3 aliphatic rings. The third-order valence-electron chi connectivity index (χ3n) is 11.2. The van der Waals surface area contributed by atoms with Gasteiger partial charge in [-0.1, -0.05) is 115 Å². The Bertz CT molecular complexity index is 2400. The molecular weight excluding hydrogens is 671 g/mol. The zero-order chi connectivity index (χ0) is 36.8. The molecule has 0 unspecified atom stereocenters. The number of anilines is 2. The summed E-state index contributed by atoms with van der Waals surface area (Å²) >= 11 is 0. The van der Waals surface area contributed by atoms with Gasteiger partial charge in [0.2, 0.25) is 0 Å². The molecule has 9 rings (SSSR count). The molecule has 2 atom stereocenters. The minimum absolute atomic E-state index is 0.0830. The molecule has 3 heterocycles. The normalized spacial score (nSPS) is 18.8. The smallest absolute Gasteiger partial charge is 0.335 e. The summed E-state index contributed by atoms with van der Waals surface area (Å²) in [7, 11) is 0. The van der Waals surface area contributed by atoms with E-state index in [0.29, 0.717) is 23.6 Å². The summed E-state index contributed by atoms with van der Waals surface area (Å²) in [6.45, 7) is 4.21. The van der Waals surface area contributed by atoms with Gasteiger partial charge in [-0.25, -0.2) is 9.69 Å². The molecule has 1 N–H and O–H groups in total. The van der Waals surface area contributed by atoms with Gasteiger partial charge in [-0.2, -0.15) is 0 Å². The second-order valence-corrected chi connectivity index (χ2v) is 14.3. The summed E-state index contributed by atoms with van der Waals surface area (Å²) in [5.74, 6) is -0.724. The maximum Gasteiger partial charge on any atom is 0.335 e. The SMILES string of the molecule is Cc1ccc2ccccc2c1COc1ccccc1/C=C1\C(=O)NC(=O)N(c2cc3c4c(c2)[C@H](c2ccccc2)CCN4CC[C@H]3c2ccccc2)C1=O. The number of carbonyl (C=O) groups is 3. The number of nitrogens with zero attached hydrogens (tertiary/aromatic N) is 2. The molecule has 6 aromatic carbocycles.